The van der Waals surface area contributed by atoms with Gasteiger partial charge in [-0.3, -0.25) is 0 Å². The molecule has 0 saturated carbocycles. The van der Waals surface area contributed by atoms with Crippen molar-refractivity contribution >= 4 is 11.3 Å². The number of methoxy groups -OCH3 is 1. The Morgan fingerprint density at radius 3 is 2.81 bits per heavy atom. The molecule has 0 radical (unpaired) electrons. The maximum atomic E-state index is 5.28. The third kappa shape index (κ3) is 2.86. The van der Waals surface area contributed by atoms with Crippen LogP contribution in [0.3, 0.4) is 0 Å². The molecule has 0 bridgehead atoms. The molecule has 0 amide bonds. The van der Waals surface area contributed by atoms with Gasteiger partial charge in [0.15, 0.2) is 11.3 Å². The van der Waals surface area contributed by atoms with E-state index >= 15 is 0 Å². The maximum Gasteiger partial charge on any atom is 0.197 e. The van der Waals surface area contributed by atoms with Crippen LogP contribution in [0.25, 0.3) is 11.3 Å². The molecular weight excluding hydrogens is 264 g/mol. The lowest BCUT2D eigenvalue weighted by Crippen LogP contribution is -2.00. The van der Waals surface area contributed by atoms with Gasteiger partial charge in [0.2, 0.25) is 0 Å². The number of benzene rings is 1. The summed E-state index contributed by atoms with van der Waals surface area (Å²) in [6.45, 7) is 2.96. The zero-order chi connectivity index (χ0) is 14.7. The Hall–Kier alpha value is -2.43. The lowest BCUT2D eigenvalue weighted by atomic mass is 10.1. The normalized spacial score (nSPS) is 11.0. The molecule has 3 rings (SSSR count). The summed E-state index contributed by atoms with van der Waals surface area (Å²) < 4.78 is 7.34. The van der Waals surface area contributed by atoms with Gasteiger partial charge in [0.05, 0.1) is 13.4 Å². The zero-order valence-electron chi connectivity index (χ0n) is 12.3. The van der Waals surface area contributed by atoms with E-state index in [0.717, 1.165) is 30.8 Å². The van der Waals surface area contributed by atoms with Crippen molar-refractivity contribution in [2.75, 3.05) is 7.11 Å². The Morgan fingerprint density at radius 1 is 1.14 bits per heavy atom. The first-order valence-corrected chi connectivity index (χ1v) is 7.03. The number of hydrogen-bond donors (Lipinski definition) is 0. The fraction of sp³-hybridized carbons (Fsp3) is 0.312. The summed E-state index contributed by atoms with van der Waals surface area (Å²) in [6, 6.07) is 6.34. The number of ether oxygens (including phenoxy) is 1. The van der Waals surface area contributed by atoms with Crippen molar-refractivity contribution in [1.29, 1.82) is 0 Å². The summed E-state index contributed by atoms with van der Waals surface area (Å²) in [6.07, 6.45) is 7.23. The van der Waals surface area contributed by atoms with Crippen molar-refractivity contribution in [2.45, 2.75) is 26.3 Å². The van der Waals surface area contributed by atoms with Crippen LogP contribution < -0.4 is 4.74 Å². The molecule has 0 fully saturated rings. The Balaban J connectivity index is 1.65. The first-order chi connectivity index (χ1) is 10.3. The summed E-state index contributed by atoms with van der Waals surface area (Å²) in [7, 11) is 1.70. The van der Waals surface area contributed by atoms with Crippen molar-refractivity contribution in [3.8, 4) is 5.75 Å². The lowest BCUT2D eigenvalue weighted by Gasteiger charge is -2.08. The second-order valence-electron chi connectivity index (χ2n) is 5.05. The van der Waals surface area contributed by atoms with E-state index in [9.17, 15) is 0 Å². The van der Waals surface area contributed by atoms with Gasteiger partial charge in [0.25, 0.3) is 0 Å². The largest absolute Gasteiger partial charge is 0.496 e. The second kappa shape index (κ2) is 5.91. The number of aromatic nitrogens is 4. The quantitative estimate of drug-likeness (QED) is 0.722. The summed E-state index contributed by atoms with van der Waals surface area (Å²) in [5.41, 5.74) is 4.05. The molecule has 0 aliphatic rings. The highest BCUT2D eigenvalue weighted by atomic mass is 16.5. The SMILES string of the molecule is COc1ccc(CCCn2cnc3nccnc32)cc1C. The fourth-order valence-corrected chi connectivity index (χ4v) is 2.51. The minimum atomic E-state index is 0.706. The Morgan fingerprint density at radius 2 is 2.00 bits per heavy atom. The van der Waals surface area contributed by atoms with Crippen molar-refractivity contribution in [2.24, 2.45) is 0 Å². The van der Waals surface area contributed by atoms with E-state index in [-0.39, 0.29) is 0 Å². The first kappa shape index (κ1) is 13.5. The minimum Gasteiger partial charge on any atom is -0.496 e. The van der Waals surface area contributed by atoms with Crippen molar-refractivity contribution in [1.82, 2.24) is 19.5 Å². The summed E-state index contributed by atoms with van der Waals surface area (Å²) in [5.74, 6) is 0.939. The predicted octanol–water partition coefficient (Wildman–Crippen LogP) is 2.78. The van der Waals surface area contributed by atoms with Gasteiger partial charge in [0, 0.05) is 18.9 Å². The highest BCUT2D eigenvalue weighted by Crippen LogP contribution is 2.19. The van der Waals surface area contributed by atoms with Gasteiger partial charge in [-0.2, -0.15) is 0 Å². The van der Waals surface area contributed by atoms with Crippen LogP contribution >= 0.6 is 0 Å². The molecule has 0 aliphatic heterocycles. The molecule has 0 atom stereocenters. The van der Waals surface area contributed by atoms with E-state index in [2.05, 4.69) is 38.6 Å². The molecule has 3 aromatic rings. The molecule has 2 aromatic heterocycles. The number of rotatable bonds is 5. The molecule has 0 saturated heterocycles. The van der Waals surface area contributed by atoms with E-state index in [4.69, 9.17) is 4.74 Å². The van der Waals surface area contributed by atoms with Gasteiger partial charge in [-0.1, -0.05) is 12.1 Å². The topological polar surface area (TPSA) is 52.8 Å². The number of imidazole rings is 1. The molecular formula is C16H18N4O. The van der Waals surface area contributed by atoms with Gasteiger partial charge in [0.1, 0.15) is 5.75 Å². The van der Waals surface area contributed by atoms with Crippen LogP contribution in [-0.2, 0) is 13.0 Å². The van der Waals surface area contributed by atoms with Crippen LogP contribution in [-0.4, -0.2) is 26.6 Å². The molecule has 5 heteroatoms. The molecule has 2 heterocycles. The van der Waals surface area contributed by atoms with Crippen LogP contribution in [0, 0.1) is 6.92 Å². The van der Waals surface area contributed by atoms with Gasteiger partial charge < -0.3 is 9.30 Å². The van der Waals surface area contributed by atoms with Crippen LogP contribution in [0.1, 0.15) is 17.5 Å². The Labute approximate surface area is 123 Å². The van der Waals surface area contributed by atoms with Crippen LogP contribution in [0.4, 0.5) is 0 Å². The summed E-state index contributed by atoms with van der Waals surface area (Å²) in [4.78, 5) is 12.8. The van der Waals surface area contributed by atoms with E-state index in [1.165, 1.54) is 11.1 Å². The number of fused-ring (bicyclic) bond motifs is 1. The molecule has 108 valence electrons. The summed E-state index contributed by atoms with van der Waals surface area (Å²) in [5, 5.41) is 0. The summed E-state index contributed by atoms with van der Waals surface area (Å²) >= 11 is 0. The maximum absolute atomic E-state index is 5.28. The first-order valence-electron chi connectivity index (χ1n) is 7.03. The molecule has 0 unspecified atom stereocenters. The number of nitrogens with zero attached hydrogens (tertiary/aromatic N) is 4. The lowest BCUT2D eigenvalue weighted by molar-refractivity contribution is 0.411. The standard InChI is InChI=1S/C16H18N4O/c1-12-10-13(5-6-14(12)21-2)4-3-9-20-11-19-15-16(20)18-8-7-17-15/h5-8,10-11H,3-4,9H2,1-2H3. The number of aryl methyl sites for hydroxylation is 3. The van der Waals surface area contributed by atoms with Crippen molar-refractivity contribution in [3.05, 3.63) is 48.0 Å². The minimum absolute atomic E-state index is 0.706. The van der Waals surface area contributed by atoms with Crippen LogP contribution in [0.5, 0.6) is 5.75 Å². The average Bonchev–Trinajstić information content (AvgIpc) is 2.91. The van der Waals surface area contributed by atoms with Gasteiger partial charge in [-0.05, 0) is 37.0 Å². The Kier molecular flexibility index (Phi) is 3.81. The molecule has 0 spiro atoms. The van der Waals surface area contributed by atoms with Gasteiger partial charge in [-0.15, -0.1) is 0 Å². The van der Waals surface area contributed by atoms with E-state index in [1.807, 2.05) is 12.4 Å². The molecule has 0 N–H and O–H groups in total. The van der Waals surface area contributed by atoms with Gasteiger partial charge >= 0.3 is 0 Å². The zero-order valence-corrected chi connectivity index (χ0v) is 12.3. The van der Waals surface area contributed by atoms with Crippen molar-refractivity contribution < 1.29 is 4.74 Å². The molecule has 1 aromatic carbocycles. The Bertz CT molecular complexity index is 751. The van der Waals surface area contributed by atoms with Crippen LogP contribution in [0.15, 0.2) is 36.9 Å². The molecule has 5 nitrogen and oxygen atoms in total. The van der Waals surface area contributed by atoms with Gasteiger partial charge in [-0.25, -0.2) is 15.0 Å². The highest BCUT2D eigenvalue weighted by Gasteiger charge is 2.04. The second-order valence-corrected chi connectivity index (χ2v) is 5.05. The average molecular weight is 282 g/mol. The predicted molar refractivity (Wildman–Crippen MR) is 81.4 cm³/mol. The van der Waals surface area contributed by atoms with E-state index < -0.39 is 0 Å². The molecule has 21 heavy (non-hydrogen) atoms. The number of hydrogen-bond acceptors (Lipinski definition) is 4. The van der Waals surface area contributed by atoms with E-state index in [1.54, 1.807) is 19.5 Å². The van der Waals surface area contributed by atoms with Crippen LogP contribution in [0.2, 0.25) is 0 Å². The monoisotopic (exact) mass is 282 g/mol. The third-order valence-electron chi connectivity index (χ3n) is 3.58. The highest BCUT2D eigenvalue weighted by molar-refractivity contribution is 5.64. The molecule has 0 aliphatic carbocycles. The van der Waals surface area contributed by atoms with E-state index in [0.29, 0.717) is 5.65 Å². The fourth-order valence-electron chi connectivity index (χ4n) is 2.51. The van der Waals surface area contributed by atoms with Crippen molar-refractivity contribution in [3.63, 3.8) is 0 Å². The third-order valence-corrected chi connectivity index (χ3v) is 3.58. The smallest absolute Gasteiger partial charge is 0.197 e.